The molecule has 3 rings (SSSR count). The number of rotatable bonds is 3. The third-order valence-electron chi connectivity index (χ3n) is 3.96. The second kappa shape index (κ2) is 6.50. The summed E-state index contributed by atoms with van der Waals surface area (Å²) in [6.45, 7) is 7.85. The minimum atomic E-state index is -0.598. The minimum Gasteiger partial charge on any atom is -0.273 e. The van der Waals surface area contributed by atoms with Crippen LogP contribution in [0.3, 0.4) is 0 Å². The molecule has 0 amide bonds. The zero-order chi connectivity index (χ0) is 18.3. The molecule has 128 valence electrons. The quantitative estimate of drug-likeness (QED) is 0.699. The Morgan fingerprint density at radius 2 is 2.00 bits per heavy atom. The molecule has 0 bridgehead atoms. The van der Waals surface area contributed by atoms with Gasteiger partial charge in [-0.15, -0.1) is 0 Å². The van der Waals surface area contributed by atoms with Crippen molar-refractivity contribution >= 4 is 40.3 Å². The van der Waals surface area contributed by atoms with Crippen molar-refractivity contribution in [2.75, 3.05) is 0 Å². The molecule has 0 aliphatic carbocycles. The molecule has 0 aliphatic heterocycles. The number of nitrogens with zero attached hydrogens (tertiary/aromatic N) is 2. The van der Waals surface area contributed by atoms with Gasteiger partial charge in [-0.3, -0.25) is 9.78 Å². The van der Waals surface area contributed by atoms with Crippen molar-refractivity contribution < 1.29 is 0 Å². The molecule has 0 fully saturated rings. The smallest absolute Gasteiger partial charge is 0.273 e. The van der Waals surface area contributed by atoms with E-state index < -0.39 is 11.2 Å². The lowest BCUT2D eigenvalue weighted by Gasteiger charge is -2.18. The monoisotopic (exact) mass is 375 g/mol. The van der Waals surface area contributed by atoms with Crippen LogP contribution in [0.15, 0.2) is 40.4 Å². The fraction of sp³-hybridized carbons (Fsp3) is 0.167. The third-order valence-corrected chi connectivity index (χ3v) is 4.63. The van der Waals surface area contributed by atoms with Crippen LogP contribution in [0.5, 0.6) is 0 Å². The van der Waals surface area contributed by atoms with Gasteiger partial charge in [0.25, 0.3) is 5.56 Å². The first-order valence-electron chi connectivity index (χ1n) is 7.62. The number of aromatic nitrogens is 3. The molecule has 7 heteroatoms. The molecule has 2 heterocycles. The maximum atomic E-state index is 12.7. The lowest BCUT2D eigenvalue weighted by molar-refractivity contribution is 0.830. The normalized spacial score (nSPS) is 11.2. The molecule has 1 aromatic carbocycles. The van der Waals surface area contributed by atoms with Crippen LogP contribution in [0, 0.1) is 0 Å². The molecule has 0 atom stereocenters. The fourth-order valence-electron chi connectivity index (χ4n) is 2.79. The van der Waals surface area contributed by atoms with E-state index in [1.165, 1.54) is 10.6 Å². The standard InChI is InChI=1S/C18H15Cl2N3O2/c1-4-10-6-5-7-11(9(2)3)14(10)23-16-12(17(24)22-18(23)25)8-13(19)15(20)21-16/h4-9H,1H2,2-3H3,(H,22,24,25). The van der Waals surface area contributed by atoms with Gasteiger partial charge in [0.1, 0.15) is 5.15 Å². The van der Waals surface area contributed by atoms with Crippen LogP contribution in [0.2, 0.25) is 10.2 Å². The molecule has 5 nitrogen and oxygen atoms in total. The van der Waals surface area contributed by atoms with E-state index >= 15 is 0 Å². The van der Waals surface area contributed by atoms with Crippen molar-refractivity contribution in [2.45, 2.75) is 19.8 Å². The average molecular weight is 376 g/mol. The first-order chi connectivity index (χ1) is 11.8. The Balaban J connectivity index is 2.58. The molecule has 3 aromatic rings. The van der Waals surface area contributed by atoms with Crippen molar-refractivity contribution in [1.29, 1.82) is 0 Å². The van der Waals surface area contributed by atoms with Gasteiger partial charge in [-0.25, -0.2) is 14.3 Å². The van der Waals surface area contributed by atoms with E-state index in [1.54, 1.807) is 6.08 Å². The predicted octanol–water partition coefficient (Wildman–Crippen LogP) is 4.15. The molecule has 0 radical (unpaired) electrons. The van der Waals surface area contributed by atoms with Gasteiger partial charge in [0.05, 0.1) is 16.1 Å². The van der Waals surface area contributed by atoms with Gasteiger partial charge in [-0.2, -0.15) is 0 Å². The van der Waals surface area contributed by atoms with E-state index in [0.717, 1.165) is 11.1 Å². The van der Waals surface area contributed by atoms with Gasteiger partial charge in [-0.1, -0.05) is 67.9 Å². The minimum absolute atomic E-state index is 0.0232. The van der Waals surface area contributed by atoms with Crippen molar-refractivity contribution in [3.05, 3.63) is 73.0 Å². The van der Waals surface area contributed by atoms with Crippen LogP contribution in [-0.2, 0) is 0 Å². The Kier molecular flexibility index (Phi) is 4.54. The Morgan fingerprint density at radius 1 is 1.28 bits per heavy atom. The van der Waals surface area contributed by atoms with Crippen molar-refractivity contribution in [1.82, 2.24) is 14.5 Å². The maximum absolute atomic E-state index is 12.7. The largest absolute Gasteiger partial charge is 0.334 e. The van der Waals surface area contributed by atoms with E-state index in [0.29, 0.717) is 5.69 Å². The molecule has 2 aromatic heterocycles. The first kappa shape index (κ1) is 17.5. The zero-order valence-electron chi connectivity index (χ0n) is 13.6. The highest BCUT2D eigenvalue weighted by Gasteiger charge is 2.19. The number of fused-ring (bicyclic) bond motifs is 1. The second-order valence-electron chi connectivity index (χ2n) is 5.87. The van der Waals surface area contributed by atoms with Crippen LogP contribution < -0.4 is 11.2 Å². The van der Waals surface area contributed by atoms with Crippen molar-refractivity contribution in [3.63, 3.8) is 0 Å². The highest BCUT2D eigenvalue weighted by molar-refractivity contribution is 6.41. The second-order valence-corrected chi connectivity index (χ2v) is 6.64. The number of para-hydroxylation sites is 1. The SMILES string of the molecule is C=Cc1cccc(C(C)C)c1-n1c(=O)[nH]c(=O)c2cc(Cl)c(Cl)nc21. The van der Waals surface area contributed by atoms with Crippen molar-refractivity contribution in [2.24, 2.45) is 0 Å². The zero-order valence-corrected chi connectivity index (χ0v) is 15.1. The van der Waals surface area contributed by atoms with Crippen LogP contribution >= 0.6 is 23.2 Å². The predicted molar refractivity (Wildman–Crippen MR) is 102 cm³/mol. The van der Waals surface area contributed by atoms with Gasteiger partial charge in [0.2, 0.25) is 0 Å². The molecule has 0 saturated carbocycles. The molecular formula is C18H15Cl2N3O2. The molecule has 25 heavy (non-hydrogen) atoms. The summed E-state index contributed by atoms with van der Waals surface area (Å²) in [7, 11) is 0. The van der Waals surface area contributed by atoms with Gasteiger partial charge in [0, 0.05) is 0 Å². The lowest BCUT2D eigenvalue weighted by Crippen LogP contribution is -2.31. The topological polar surface area (TPSA) is 67.8 Å². The summed E-state index contributed by atoms with van der Waals surface area (Å²) in [5.74, 6) is 0.131. The summed E-state index contributed by atoms with van der Waals surface area (Å²) in [5.41, 5.74) is 1.27. The fourth-order valence-corrected chi connectivity index (χ4v) is 3.07. The Bertz CT molecular complexity index is 1110. The number of pyridine rings is 1. The highest BCUT2D eigenvalue weighted by Crippen LogP contribution is 2.29. The number of benzene rings is 1. The first-order valence-corrected chi connectivity index (χ1v) is 8.37. The summed E-state index contributed by atoms with van der Waals surface area (Å²) in [5, 5.41) is 0.351. The van der Waals surface area contributed by atoms with Gasteiger partial charge >= 0.3 is 5.69 Å². The molecular weight excluding hydrogens is 361 g/mol. The Hall–Kier alpha value is -2.37. The summed E-state index contributed by atoms with van der Waals surface area (Å²) in [6, 6.07) is 7.07. The van der Waals surface area contributed by atoms with Crippen LogP contribution in [-0.4, -0.2) is 14.5 Å². The van der Waals surface area contributed by atoms with Crippen LogP contribution in [0.4, 0.5) is 0 Å². The third kappa shape index (κ3) is 2.90. The summed E-state index contributed by atoms with van der Waals surface area (Å²) in [4.78, 5) is 31.4. The Morgan fingerprint density at radius 3 is 2.64 bits per heavy atom. The van der Waals surface area contributed by atoms with E-state index in [2.05, 4.69) is 16.5 Å². The van der Waals surface area contributed by atoms with Gasteiger partial charge < -0.3 is 0 Å². The molecule has 0 aliphatic rings. The number of aromatic amines is 1. The number of hydrogen-bond acceptors (Lipinski definition) is 3. The molecule has 0 spiro atoms. The van der Waals surface area contributed by atoms with E-state index in [9.17, 15) is 9.59 Å². The number of H-pyrrole nitrogens is 1. The molecule has 0 saturated heterocycles. The summed E-state index contributed by atoms with van der Waals surface area (Å²) >= 11 is 12.0. The van der Waals surface area contributed by atoms with Crippen LogP contribution in [0.25, 0.3) is 22.8 Å². The van der Waals surface area contributed by atoms with E-state index in [4.69, 9.17) is 23.2 Å². The summed E-state index contributed by atoms with van der Waals surface area (Å²) in [6.07, 6.45) is 1.65. The van der Waals surface area contributed by atoms with E-state index in [1.807, 2.05) is 32.0 Å². The summed E-state index contributed by atoms with van der Waals surface area (Å²) < 4.78 is 1.35. The van der Waals surface area contributed by atoms with Crippen molar-refractivity contribution in [3.8, 4) is 5.69 Å². The lowest BCUT2D eigenvalue weighted by atomic mass is 9.97. The maximum Gasteiger partial charge on any atom is 0.334 e. The number of hydrogen-bond donors (Lipinski definition) is 1. The van der Waals surface area contributed by atoms with Gasteiger partial charge in [-0.05, 0) is 23.1 Å². The van der Waals surface area contributed by atoms with Gasteiger partial charge in [0.15, 0.2) is 5.65 Å². The number of nitrogens with one attached hydrogen (secondary N) is 1. The van der Waals surface area contributed by atoms with E-state index in [-0.39, 0.29) is 27.1 Å². The molecule has 1 N–H and O–H groups in total. The average Bonchev–Trinajstić information content (AvgIpc) is 2.56. The molecule has 0 unspecified atom stereocenters. The number of halogens is 2. The Labute approximate surface area is 153 Å². The highest BCUT2D eigenvalue weighted by atomic mass is 35.5. The van der Waals surface area contributed by atoms with Crippen LogP contribution in [0.1, 0.15) is 30.9 Å².